The van der Waals surface area contributed by atoms with E-state index in [1.165, 1.54) is 6.07 Å². The molecule has 0 atom stereocenters. The van der Waals surface area contributed by atoms with E-state index in [0.717, 1.165) is 17.5 Å². The molecular formula is C21H21F3N4O3. The first-order chi connectivity index (χ1) is 14.5. The molecule has 1 saturated heterocycles. The average Bonchev–Trinajstić information content (AvgIpc) is 3.07. The van der Waals surface area contributed by atoms with E-state index in [2.05, 4.69) is 15.4 Å². The summed E-state index contributed by atoms with van der Waals surface area (Å²) in [6.45, 7) is 6.84. The molecule has 0 saturated carbocycles. The number of alkyl halides is 3. The van der Waals surface area contributed by atoms with Crippen molar-refractivity contribution in [3.63, 3.8) is 0 Å². The molecule has 1 aliphatic rings. The molecule has 1 aliphatic heterocycles. The van der Waals surface area contributed by atoms with E-state index in [1.807, 2.05) is 27.0 Å². The Morgan fingerprint density at radius 2 is 1.97 bits per heavy atom. The second-order valence-electron chi connectivity index (χ2n) is 8.29. The number of nitrogens with zero attached hydrogens (tertiary/aromatic N) is 3. The Kier molecular flexibility index (Phi) is 5.12. The summed E-state index contributed by atoms with van der Waals surface area (Å²) in [7, 11) is 0. The van der Waals surface area contributed by atoms with E-state index < -0.39 is 17.8 Å². The lowest BCUT2D eigenvalue weighted by atomic mass is 10.1. The van der Waals surface area contributed by atoms with E-state index >= 15 is 0 Å². The van der Waals surface area contributed by atoms with Crippen LogP contribution in [0.3, 0.4) is 0 Å². The van der Waals surface area contributed by atoms with Crippen LogP contribution in [-0.4, -0.2) is 40.0 Å². The normalized spacial score (nSPS) is 15.0. The van der Waals surface area contributed by atoms with Gasteiger partial charge in [-0.25, -0.2) is 4.98 Å². The number of halogens is 3. The van der Waals surface area contributed by atoms with Crippen molar-refractivity contribution in [2.24, 2.45) is 0 Å². The lowest BCUT2D eigenvalue weighted by Crippen LogP contribution is -2.38. The standard InChI is InChI=1S/C21H21F3N4O3/c1-20(2,3)28-9-12-7-16(17(8-15(12)27-28)31-13-10-30-11-13)26-19(29)14-5-4-6-18(25-14)21(22,23)24/h4-9,13H,10-11H2,1-3H3,(H,26,29). The van der Waals surface area contributed by atoms with Gasteiger partial charge in [0.25, 0.3) is 5.91 Å². The van der Waals surface area contributed by atoms with Crippen LogP contribution in [0, 0.1) is 0 Å². The molecule has 10 heteroatoms. The molecule has 164 valence electrons. The van der Waals surface area contributed by atoms with Crippen molar-refractivity contribution in [3.8, 4) is 5.75 Å². The maximum absolute atomic E-state index is 12.9. The fraction of sp³-hybridized carbons (Fsp3) is 0.381. The molecule has 0 spiro atoms. The summed E-state index contributed by atoms with van der Waals surface area (Å²) >= 11 is 0. The molecule has 0 unspecified atom stereocenters. The molecule has 0 aliphatic carbocycles. The number of fused-ring (bicyclic) bond motifs is 1. The van der Waals surface area contributed by atoms with Crippen LogP contribution in [-0.2, 0) is 16.5 Å². The molecule has 3 heterocycles. The molecule has 0 bridgehead atoms. The Morgan fingerprint density at radius 1 is 1.23 bits per heavy atom. The average molecular weight is 434 g/mol. The molecule has 31 heavy (non-hydrogen) atoms. The van der Waals surface area contributed by atoms with Gasteiger partial charge < -0.3 is 14.8 Å². The van der Waals surface area contributed by atoms with E-state index in [4.69, 9.17) is 9.47 Å². The number of anilines is 1. The van der Waals surface area contributed by atoms with Crippen LogP contribution in [0.5, 0.6) is 5.75 Å². The second-order valence-corrected chi connectivity index (χ2v) is 8.29. The van der Waals surface area contributed by atoms with Gasteiger partial charge in [-0.2, -0.15) is 18.3 Å². The van der Waals surface area contributed by atoms with Gasteiger partial charge in [-0.3, -0.25) is 9.48 Å². The van der Waals surface area contributed by atoms with Crippen molar-refractivity contribution < 1.29 is 27.4 Å². The van der Waals surface area contributed by atoms with Crippen LogP contribution in [0.25, 0.3) is 10.9 Å². The summed E-state index contributed by atoms with van der Waals surface area (Å²) in [6, 6.07) is 6.57. The van der Waals surface area contributed by atoms with Crippen LogP contribution >= 0.6 is 0 Å². The summed E-state index contributed by atoms with van der Waals surface area (Å²) in [4.78, 5) is 16.1. The number of nitrogens with one attached hydrogen (secondary N) is 1. The number of amides is 1. The lowest BCUT2D eigenvalue weighted by Gasteiger charge is -2.27. The smallest absolute Gasteiger partial charge is 0.433 e. The summed E-state index contributed by atoms with van der Waals surface area (Å²) < 4.78 is 51.7. The largest absolute Gasteiger partial charge is 0.483 e. The summed E-state index contributed by atoms with van der Waals surface area (Å²) in [6.07, 6.45) is -2.98. The molecule has 1 amide bonds. The lowest BCUT2D eigenvalue weighted by molar-refractivity contribution is -0.141. The van der Waals surface area contributed by atoms with Gasteiger partial charge in [-0.1, -0.05) is 6.07 Å². The first-order valence-electron chi connectivity index (χ1n) is 9.64. The van der Waals surface area contributed by atoms with E-state index in [9.17, 15) is 18.0 Å². The third kappa shape index (κ3) is 4.48. The first-order valence-corrected chi connectivity index (χ1v) is 9.64. The van der Waals surface area contributed by atoms with Crippen molar-refractivity contribution in [1.29, 1.82) is 0 Å². The highest BCUT2D eigenvalue weighted by Crippen LogP contribution is 2.33. The second kappa shape index (κ2) is 7.52. The van der Waals surface area contributed by atoms with Gasteiger partial charge >= 0.3 is 6.18 Å². The number of benzene rings is 1. The minimum absolute atomic E-state index is 0.176. The van der Waals surface area contributed by atoms with Crippen LogP contribution < -0.4 is 10.1 Å². The summed E-state index contributed by atoms with van der Waals surface area (Å²) in [5.41, 5.74) is -0.756. The molecule has 1 N–H and O–H groups in total. The fourth-order valence-corrected chi connectivity index (χ4v) is 2.96. The van der Waals surface area contributed by atoms with E-state index in [-0.39, 0.29) is 17.3 Å². The highest BCUT2D eigenvalue weighted by Gasteiger charge is 2.33. The van der Waals surface area contributed by atoms with Crippen LogP contribution in [0.4, 0.5) is 18.9 Å². The maximum atomic E-state index is 12.9. The van der Waals surface area contributed by atoms with Crippen molar-refractivity contribution in [2.45, 2.75) is 38.6 Å². The molecule has 7 nitrogen and oxygen atoms in total. The molecule has 2 aromatic heterocycles. The number of rotatable bonds is 4. The Hall–Kier alpha value is -3.14. The zero-order valence-electron chi connectivity index (χ0n) is 17.2. The Morgan fingerprint density at radius 3 is 2.58 bits per heavy atom. The third-order valence-corrected chi connectivity index (χ3v) is 4.71. The molecule has 4 rings (SSSR count). The summed E-state index contributed by atoms with van der Waals surface area (Å²) in [5.74, 6) is -0.413. The number of carbonyl (C=O) groups excluding carboxylic acids is 1. The molecule has 3 aromatic rings. The number of ether oxygens (including phenoxy) is 2. The zero-order chi connectivity index (χ0) is 22.4. The van der Waals surface area contributed by atoms with Crippen molar-refractivity contribution in [2.75, 3.05) is 18.5 Å². The van der Waals surface area contributed by atoms with Crippen LogP contribution in [0.15, 0.2) is 36.5 Å². The molecular weight excluding hydrogens is 413 g/mol. The SMILES string of the molecule is CC(C)(C)n1cc2cc(NC(=O)c3cccc(C(F)(F)F)n3)c(OC3COC3)cc2n1. The minimum Gasteiger partial charge on any atom is -0.483 e. The van der Waals surface area contributed by atoms with Gasteiger partial charge in [0.1, 0.15) is 23.2 Å². The van der Waals surface area contributed by atoms with E-state index in [0.29, 0.717) is 30.2 Å². The van der Waals surface area contributed by atoms with Gasteiger partial charge in [-0.15, -0.1) is 0 Å². The predicted molar refractivity (Wildman–Crippen MR) is 107 cm³/mol. The summed E-state index contributed by atoms with van der Waals surface area (Å²) in [5, 5.41) is 7.95. The maximum Gasteiger partial charge on any atom is 0.433 e. The van der Waals surface area contributed by atoms with Gasteiger partial charge in [0.05, 0.1) is 30.0 Å². The van der Waals surface area contributed by atoms with Gasteiger partial charge in [0.2, 0.25) is 0 Å². The van der Waals surface area contributed by atoms with Crippen LogP contribution in [0.2, 0.25) is 0 Å². The first kappa shape index (κ1) is 21.1. The molecule has 0 radical (unpaired) electrons. The number of hydrogen-bond donors (Lipinski definition) is 1. The minimum atomic E-state index is -4.64. The van der Waals surface area contributed by atoms with Gasteiger partial charge in [0, 0.05) is 17.6 Å². The van der Waals surface area contributed by atoms with Gasteiger partial charge in [-0.05, 0) is 39.0 Å². The van der Waals surface area contributed by atoms with Crippen molar-refractivity contribution in [1.82, 2.24) is 14.8 Å². The number of aromatic nitrogens is 3. The Bertz CT molecular complexity index is 1130. The highest BCUT2D eigenvalue weighted by atomic mass is 19.4. The number of pyridine rings is 1. The zero-order valence-corrected chi connectivity index (χ0v) is 17.2. The quantitative estimate of drug-likeness (QED) is 0.665. The van der Waals surface area contributed by atoms with Crippen molar-refractivity contribution >= 4 is 22.5 Å². The van der Waals surface area contributed by atoms with Gasteiger partial charge in [0.15, 0.2) is 0 Å². The topological polar surface area (TPSA) is 78.3 Å². The number of hydrogen-bond acceptors (Lipinski definition) is 5. The monoisotopic (exact) mass is 434 g/mol. The molecule has 1 aromatic carbocycles. The number of carbonyl (C=O) groups is 1. The van der Waals surface area contributed by atoms with Crippen molar-refractivity contribution in [3.05, 3.63) is 47.9 Å². The van der Waals surface area contributed by atoms with Crippen LogP contribution in [0.1, 0.15) is 37.0 Å². The third-order valence-electron chi connectivity index (χ3n) is 4.71. The van der Waals surface area contributed by atoms with E-state index in [1.54, 1.807) is 16.8 Å². The Labute approximate surface area is 176 Å². The molecule has 1 fully saturated rings. The Balaban J connectivity index is 1.69. The predicted octanol–water partition coefficient (Wildman–Crippen LogP) is 4.24. The highest BCUT2D eigenvalue weighted by molar-refractivity contribution is 6.05. The fourth-order valence-electron chi connectivity index (χ4n) is 2.96.